The summed E-state index contributed by atoms with van der Waals surface area (Å²) in [4.78, 5) is 38.4. The highest BCUT2D eigenvalue weighted by Gasteiger charge is 2.71. The first-order chi connectivity index (χ1) is 22.1. The van der Waals surface area contributed by atoms with Gasteiger partial charge >= 0.3 is 11.9 Å². The average molecular weight is 668 g/mol. The monoisotopic (exact) mass is 668 g/mol. The van der Waals surface area contributed by atoms with Gasteiger partial charge in [0.05, 0.1) is 12.8 Å². The third-order valence-corrected chi connectivity index (χ3v) is 16.4. The molecule has 0 aromatic rings. The minimum atomic E-state index is -0.875. The molecule has 0 unspecified atom stereocenters. The zero-order valence-electron chi connectivity index (χ0n) is 32.3. The SMILES string of the molecule is C=C(C)[C@@H]1CC[C@]2(CCCN(C)C(C)=O)CC[C@]3(C)[C@H](CC[C@@H]4[C@@]5(C)CC[C@H](OC(=O)CC(C)(C)CC(=O)O)C(C)(C)[C@@H]5CC[C@]43C)[C@@H]12. The van der Waals surface area contributed by atoms with Crippen LogP contribution in [0.1, 0.15) is 152 Å². The van der Waals surface area contributed by atoms with Crippen molar-refractivity contribution in [2.75, 3.05) is 13.6 Å². The van der Waals surface area contributed by atoms with Gasteiger partial charge in [-0.15, -0.1) is 0 Å². The Bertz CT molecular complexity index is 1290. The number of hydrogen-bond acceptors (Lipinski definition) is 4. The van der Waals surface area contributed by atoms with E-state index in [9.17, 15) is 19.5 Å². The van der Waals surface area contributed by atoms with Crippen molar-refractivity contribution in [1.29, 1.82) is 0 Å². The second-order valence-electron chi connectivity index (χ2n) is 19.8. The number of fused-ring (bicyclic) bond motifs is 7. The van der Waals surface area contributed by atoms with Crippen LogP contribution in [0, 0.1) is 62.1 Å². The van der Waals surface area contributed by atoms with Crippen molar-refractivity contribution in [3.8, 4) is 0 Å². The molecule has 0 saturated heterocycles. The first-order valence-electron chi connectivity index (χ1n) is 19.4. The van der Waals surface area contributed by atoms with Gasteiger partial charge in [-0.2, -0.15) is 0 Å². The van der Waals surface area contributed by atoms with E-state index in [1.54, 1.807) is 6.92 Å². The van der Waals surface area contributed by atoms with E-state index in [1.807, 2.05) is 25.8 Å². The highest BCUT2D eigenvalue weighted by atomic mass is 16.5. The van der Waals surface area contributed by atoms with Gasteiger partial charge in [-0.25, -0.2) is 0 Å². The molecule has 1 amide bonds. The number of carboxylic acids is 1. The fourth-order valence-corrected chi connectivity index (χ4v) is 13.8. The van der Waals surface area contributed by atoms with Crippen LogP contribution in [0.4, 0.5) is 0 Å². The first-order valence-corrected chi connectivity index (χ1v) is 19.4. The van der Waals surface area contributed by atoms with E-state index >= 15 is 0 Å². The maximum Gasteiger partial charge on any atom is 0.306 e. The van der Waals surface area contributed by atoms with E-state index in [1.165, 1.54) is 63.4 Å². The minimum Gasteiger partial charge on any atom is -0.481 e. The van der Waals surface area contributed by atoms with Crippen molar-refractivity contribution >= 4 is 17.8 Å². The van der Waals surface area contributed by atoms with Crippen LogP contribution in [0.2, 0.25) is 0 Å². The summed E-state index contributed by atoms with van der Waals surface area (Å²) in [7, 11) is 1.95. The predicted octanol–water partition coefficient (Wildman–Crippen LogP) is 9.71. The van der Waals surface area contributed by atoms with Gasteiger partial charge in [-0.3, -0.25) is 14.4 Å². The Labute approximate surface area is 292 Å². The minimum absolute atomic E-state index is 0.0385. The lowest BCUT2D eigenvalue weighted by atomic mass is 9.32. The number of rotatable bonds is 10. The van der Waals surface area contributed by atoms with Crippen molar-refractivity contribution in [2.24, 2.45) is 62.1 Å². The summed E-state index contributed by atoms with van der Waals surface area (Å²) in [6, 6.07) is 0. The zero-order chi connectivity index (χ0) is 35.7. The van der Waals surface area contributed by atoms with Crippen LogP contribution in [-0.2, 0) is 19.1 Å². The van der Waals surface area contributed by atoms with Gasteiger partial charge in [0.2, 0.25) is 5.91 Å². The maximum atomic E-state index is 13.2. The molecule has 10 atom stereocenters. The third kappa shape index (κ3) is 6.09. The molecule has 0 aromatic carbocycles. The normalized spacial score (nSPS) is 41.6. The summed E-state index contributed by atoms with van der Waals surface area (Å²) in [5, 5.41) is 9.33. The molecule has 5 aliphatic carbocycles. The molecular formula is C42H69NO5. The molecule has 6 nitrogen and oxygen atoms in total. The molecule has 272 valence electrons. The lowest BCUT2D eigenvalue weighted by Crippen LogP contribution is -2.66. The van der Waals surface area contributed by atoms with Crippen LogP contribution < -0.4 is 0 Å². The van der Waals surface area contributed by atoms with Gasteiger partial charge < -0.3 is 14.7 Å². The van der Waals surface area contributed by atoms with Crippen molar-refractivity contribution in [3.05, 3.63) is 12.2 Å². The molecule has 1 N–H and O–H groups in total. The number of ether oxygens (including phenoxy) is 1. The van der Waals surface area contributed by atoms with Gasteiger partial charge in [0.25, 0.3) is 0 Å². The molecule has 0 radical (unpaired) electrons. The Morgan fingerprint density at radius 3 is 2.17 bits per heavy atom. The Hall–Kier alpha value is -1.85. The molecule has 0 heterocycles. The first kappa shape index (κ1) is 37.4. The molecule has 0 spiro atoms. The molecule has 0 aliphatic heterocycles. The number of carboxylic acid groups (broad SMARTS) is 1. The molecule has 5 saturated carbocycles. The topological polar surface area (TPSA) is 83.9 Å². The quantitative estimate of drug-likeness (QED) is 0.185. The number of amides is 1. The Morgan fingerprint density at radius 2 is 1.54 bits per heavy atom. The summed E-state index contributed by atoms with van der Waals surface area (Å²) in [5.74, 6) is 2.18. The van der Waals surface area contributed by atoms with Crippen LogP contribution >= 0.6 is 0 Å². The lowest BCUT2D eigenvalue weighted by Gasteiger charge is -2.73. The summed E-state index contributed by atoms with van der Waals surface area (Å²) >= 11 is 0. The van der Waals surface area contributed by atoms with Crippen molar-refractivity contribution < 1.29 is 24.2 Å². The van der Waals surface area contributed by atoms with Gasteiger partial charge in [0, 0.05) is 25.9 Å². The van der Waals surface area contributed by atoms with E-state index in [2.05, 4.69) is 48.1 Å². The fourth-order valence-electron chi connectivity index (χ4n) is 13.8. The Balaban J connectivity index is 1.37. The van der Waals surface area contributed by atoms with Crippen LogP contribution in [-0.4, -0.2) is 47.5 Å². The summed E-state index contributed by atoms with van der Waals surface area (Å²) in [6.45, 7) is 25.8. The van der Waals surface area contributed by atoms with Crippen LogP contribution in [0.25, 0.3) is 0 Å². The number of carbonyl (C=O) groups is 3. The third-order valence-electron chi connectivity index (χ3n) is 16.4. The number of carbonyl (C=O) groups excluding carboxylic acids is 2. The summed E-state index contributed by atoms with van der Waals surface area (Å²) in [5.41, 5.74) is 1.76. The molecule has 5 aliphatic rings. The second-order valence-corrected chi connectivity index (χ2v) is 19.8. The average Bonchev–Trinajstić information content (AvgIpc) is 3.34. The smallest absolute Gasteiger partial charge is 0.306 e. The maximum absolute atomic E-state index is 13.2. The van der Waals surface area contributed by atoms with Gasteiger partial charge in [0.1, 0.15) is 6.10 Å². The van der Waals surface area contributed by atoms with Gasteiger partial charge in [0.15, 0.2) is 0 Å². The van der Waals surface area contributed by atoms with Crippen LogP contribution in [0.3, 0.4) is 0 Å². The highest BCUT2D eigenvalue weighted by Crippen LogP contribution is 2.78. The molecule has 48 heavy (non-hydrogen) atoms. The van der Waals surface area contributed by atoms with E-state index < -0.39 is 11.4 Å². The van der Waals surface area contributed by atoms with E-state index in [4.69, 9.17) is 4.74 Å². The van der Waals surface area contributed by atoms with E-state index in [-0.39, 0.29) is 52.5 Å². The van der Waals surface area contributed by atoms with Gasteiger partial charge in [-0.05, 0) is 141 Å². The summed E-state index contributed by atoms with van der Waals surface area (Å²) < 4.78 is 6.28. The van der Waals surface area contributed by atoms with E-state index in [0.29, 0.717) is 35.0 Å². The number of aliphatic carboxylic acids is 1. The predicted molar refractivity (Wildman–Crippen MR) is 192 cm³/mol. The van der Waals surface area contributed by atoms with Crippen LogP contribution in [0.15, 0.2) is 12.2 Å². The Kier molecular flexibility index (Phi) is 9.92. The molecule has 5 rings (SSSR count). The summed E-state index contributed by atoms with van der Waals surface area (Å²) in [6.07, 6.45) is 14.5. The van der Waals surface area contributed by atoms with Crippen molar-refractivity contribution in [2.45, 2.75) is 158 Å². The van der Waals surface area contributed by atoms with E-state index in [0.717, 1.165) is 25.8 Å². The Morgan fingerprint density at radius 1 is 0.854 bits per heavy atom. The highest BCUT2D eigenvalue weighted by molar-refractivity contribution is 5.73. The largest absolute Gasteiger partial charge is 0.481 e. The number of hydrogen-bond donors (Lipinski definition) is 1. The zero-order valence-corrected chi connectivity index (χ0v) is 32.3. The van der Waals surface area contributed by atoms with Crippen molar-refractivity contribution in [1.82, 2.24) is 4.90 Å². The number of allylic oxidation sites excluding steroid dienone is 1. The molecular weight excluding hydrogens is 598 g/mol. The fraction of sp³-hybridized carbons (Fsp3) is 0.881. The standard InChI is InChI=1S/C42H69NO5/c1-27(2)29-15-21-42(18-12-24-43(11)28(3)44)23-22-40(9)30(36(29)42)13-14-32-39(8)19-17-33(38(6,7)31(39)16-20-41(32,40)10)48-35(47)26-37(4,5)25-34(45)46/h29-33,36H,1,12-26H2,2-11H3,(H,45,46)/t29-,30+,31-,32+,33-,36+,39-,40+,41+,42+/m0/s1. The molecule has 0 bridgehead atoms. The van der Waals surface area contributed by atoms with Crippen LogP contribution in [0.5, 0.6) is 0 Å². The van der Waals surface area contributed by atoms with Gasteiger partial charge in [-0.1, -0.05) is 60.6 Å². The number of esters is 1. The number of nitrogens with zero attached hydrogens (tertiary/aromatic N) is 1. The second kappa shape index (κ2) is 12.7. The molecule has 6 heteroatoms. The van der Waals surface area contributed by atoms with Crippen molar-refractivity contribution in [3.63, 3.8) is 0 Å². The molecule has 0 aromatic heterocycles. The lowest BCUT2D eigenvalue weighted by molar-refractivity contribution is -0.250. The molecule has 5 fully saturated rings.